The molecule has 0 saturated carbocycles. The molecule has 1 aromatic rings. The van der Waals surface area contributed by atoms with Crippen LogP contribution in [0.3, 0.4) is 0 Å². The Bertz CT molecular complexity index is 388. The van der Waals surface area contributed by atoms with Gasteiger partial charge in [0.25, 0.3) is 0 Å². The van der Waals surface area contributed by atoms with Crippen LogP contribution in [0.25, 0.3) is 6.08 Å². The standard InChI is InChI=1S/C14H20FNO/c1-11-8-14(15)6-5-13(11)9-12(10-17-2)4-3-7-16/h5-6,8-9H,3-4,7,10,16H2,1-2H3/b12-9+. The highest BCUT2D eigenvalue weighted by molar-refractivity contribution is 5.56. The molecule has 0 atom stereocenters. The highest BCUT2D eigenvalue weighted by Crippen LogP contribution is 2.16. The molecule has 0 bridgehead atoms. The van der Waals surface area contributed by atoms with Crippen molar-refractivity contribution in [3.05, 3.63) is 40.7 Å². The number of aryl methyl sites for hydroxylation is 1. The van der Waals surface area contributed by atoms with E-state index in [1.54, 1.807) is 19.2 Å². The predicted molar refractivity (Wildman–Crippen MR) is 69.3 cm³/mol. The monoisotopic (exact) mass is 237 g/mol. The quantitative estimate of drug-likeness (QED) is 0.825. The Hall–Kier alpha value is -1.19. The van der Waals surface area contributed by atoms with Gasteiger partial charge in [0.1, 0.15) is 5.82 Å². The van der Waals surface area contributed by atoms with Gasteiger partial charge in [0.2, 0.25) is 0 Å². The molecule has 0 heterocycles. The van der Waals surface area contributed by atoms with Crippen molar-refractivity contribution in [2.45, 2.75) is 19.8 Å². The summed E-state index contributed by atoms with van der Waals surface area (Å²) in [5, 5.41) is 0. The molecule has 0 aliphatic heterocycles. The van der Waals surface area contributed by atoms with Crippen molar-refractivity contribution < 1.29 is 9.13 Å². The molecular formula is C14H20FNO. The van der Waals surface area contributed by atoms with Gasteiger partial charge in [0.15, 0.2) is 0 Å². The number of halogens is 1. The Morgan fingerprint density at radius 2 is 2.24 bits per heavy atom. The fraction of sp³-hybridized carbons (Fsp3) is 0.429. The van der Waals surface area contributed by atoms with Crippen LogP contribution >= 0.6 is 0 Å². The van der Waals surface area contributed by atoms with E-state index in [1.165, 1.54) is 11.6 Å². The van der Waals surface area contributed by atoms with E-state index in [0.29, 0.717) is 13.2 Å². The lowest BCUT2D eigenvalue weighted by Gasteiger charge is -2.07. The van der Waals surface area contributed by atoms with Crippen LogP contribution in [0, 0.1) is 12.7 Å². The van der Waals surface area contributed by atoms with Gasteiger partial charge in [0.05, 0.1) is 6.61 Å². The van der Waals surface area contributed by atoms with Gasteiger partial charge in [-0.2, -0.15) is 0 Å². The van der Waals surface area contributed by atoms with E-state index in [9.17, 15) is 4.39 Å². The SMILES string of the molecule is COC/C(=C/c1ccc(F)cc1C)CCCN. The van der Waals surface area contributed by atoms with Crippen molar-refractivity contribution in [2.75, 3.05) is 20.3 Å². The Morgan fingerprint density at radius 3 is 2.82 bits per heavy atom. The van der Waals surface area contributed by atoms with Gasteiger partial charge in [-0.25, -0.2) is 4.39 Å². The summed E-state index contributed by atoms with van der Waals surface area (Å²) in [6, 6.07) is 4.81. The third-order valence-electron chi connectivity index (χ3n) is 2.62. The molecule has 2 nitrogen and oxygen atoms in total. The molecule has 1 rings (SSSR count). The number of rotatable bonds is 6. The second kappa shape index (κ2) is 7.20. The van der Waals surface area contributed by atoms with Gasteiger partial charge in [-0.3, -0.25) is 0 Å². The molecule has 0 spiro atoms. The fourth-order valence-corrected chi connectivity index (χ4v) is 1.72. The van der Waals surface area contributed by atoms with Crippen molar-refractivity contribution >= 4 is 6.08 Å². The van der Waals surface area contributed by atoms with E-state index >= 15 is 0 Å². The van der Waals surface area contributed by atoms with Gasteiger partial charge in [-0.1, -0.05) is 12.1 Å². The molecule has 17 heavy (non-hydrogen) atoms. The Kier molecular flexibility index (Phi) is 5.87. The minimum Gasteiger partial charge on any atom is -0.380 e. The second-order valence-corrected chi connectivity index (χ2v) is 4.13. The number of benzene rings is 1. The van der Waals surface area contributed by atoms with Gasteiger partial charge in [-0.15, -0.1) is 0 Å². The van der Waals surface area contributed by atoms with Crippen LogP contribution < -0.4 is 5.73 Å². The average Bonchev–Trinajstić information content (AvgIpc) is 2.29. The van der Waals surface area contributed by atoms with Gasteiger partial charge in [0, 0.05) is 7.11 Å². The Labute approximate surface area is 102 Å². The topological polar surface area (TPSA) is 35.2 Å². The van der Waals surface area contributed by atoms with Crippen LogP contribution in [0.1, 0.15) is 24.0 Å². The van der Waals surface area contributed by atoms with Crippen LogP contribution in [0.5, 0.6) is 0 Å². The highest BCUT2D eigenvalue weighted by Gasteiger charge is 2.01. The molecule has 0 unspecified atom stereocenters. The normalized spacial score (nSPS) is 11.9. The lowest BCUT2D eigenvalue weighted by molar-refractivity contribution is 0.223. The summed E-state index contributed by atoms with van der Waals surface area (Å²) in [6.07, 6.45) is 3.92. The van der Waals surface area contributed by atoms with E-state index in [1.807, 2.05) is 6.92 Å². The lowest BCUT2D eigenvalue weighted by atomic mass is 10.0. The maximum atomic E-state index is 13.0. The molecule has 94 valence electrons. The molecule has 2 N–H and O–H groups in total. The molecule has 0 aliphatic carbocycles. The molecular weight excluding hydrogens is 217 g/mol. The zero-order valence-corrected chi connectivity index (χ0v) is 10.5. The summed E-state index contributed by atoms with van der Waals surface area (Å²) in [7, 11) is 1.67. The van der Waals surface area contributed by atoms with Crippen LogP contribution in [-0.4, -0.2) is 20.3 Å². The van der Waals surface area contributed by atoms with E-state index in [2.05, 4.69) is 6.08 Å². The molecule has 0 fully saturated rings. The highest BCUT2D eigenvalue weighted by atomic mass is 19.1. The molecule has 1 aromatic carbocycles. The zero-order chi connectivity index (χ0) is 12.7. The van der Waals surface area contributed by atoms with E-state index in [4.69, 9.17) is 10.5 Å². The number of methoxy groups -OCH3 is 1. The maximum absolute atomic E-state index is 13.0. The summed E-state index contributed by atoms with van der Waals surface area (Å²) < 4.78 is 18.1. The van der Waals surface area contributed by atoms with Crippen LogP contribution in [0.15, 0.2) is 23.8 Å². The first-order chi connectivity index (χ1) is 8.17. The molecule has 0 amide bonds. The fourth-order valence-electron chi connectivity index (χ4n) is 1.72. The van der Waals surface area contributed by atoms with Gasteiger partial charge in [-0.05, 0) is 55.1 Å². The summed E-state index contributed by atoms with van der Waals surface area (Å²) in [5.41, 5.74) is 8.66. The van der Waals surface area contributed by atoms with Gasteiger partial charge < -0.3 is 10.5 Å². The maximum Gasteiger partial charge on any atom is 0.123 e. The molecule has 0 saturated heterocycles. The minimum atomic E-state index is -0.199. The number of hydrogen-bond acceptors (Lipinski definition) is 2. The minimum absolute atomic E-state index is 0.199. The molecule has 0 radical (unpaired) electrons. The summed E-state index contributed by atoms with van der Waals surface area (Å²) >= 11 is 0. The lowest BCUT2D eigenvalue weighted by Crippen LogP contribution is -2.02. The third-order valence-corrected chi connectivity index (χ3v) is 2.62. The van der Waals surface area contributed by atoms with Crippen molar-refractivity contribution in [2.24, 2.45) is 5.73 Å². The van der Waals surface area contributed by atoms with Crippen molar-refractivity contribution in [3.8, 4) is 0 Å². The summed E-state index contributed by atoms with van der Waals surface area (Å²) in [6.45, 7) is 3.17. The largest absolute Gasteiger partial charge is 0.380 e. The molecule has 0 aromatic heterocycles. The number of nitrogens with two attached hydrogens (primary N) is 1. The number of hydrogen-bond donors (Lipinski definition) is 1. The van der Waals surface area contributed by atoms with Gasteiger partial charge >= 0.3 is 0 Å². The van der Waals surface area contributed by atoms with Crippen molar-refractivity contribution in [3.63, 3.8) is 0 Å². The Morgan fingerprint density at radius 1 is 1.47 bits per heavy atom. The third kappa shape index (κ3) is 4.67. The average molecular weight is 237 g/mol. The van der Waals surface area contributed by atoms with Crippen LogP contribution in [0.4, 0.5) is 4.39 Å². The van der Waals surface area contributed by atoms with Crippen molar-refractivity contribution in [1.82, 2.24) is 0 Å². The second-order valence-electron chi connectivity index (χ2n) is 4.13. The van der Waals surface area contributed by atoms with Crippen LogP contribution in [-0.2, 0) is 4.74 Å². The smallest absolute Gasteiger partial charge is 0.123 e. The Balaban J connectivity index is 2.87. The summed E-state index contributed by atoms with van der Waals surface area (Å²) in [4.78, 5) is 0. The van der Waals surface area contributed by atoms with E-state index in [-0.39, 0.29) is 5.82 Å². The first-order valence-electron chi connectivity index (χ1n) is 5.82. The first-order valence-corrected chi connectivity index (χ1v) is 5.82. The molecule has 3 heteroatoms. The molecule has 0 aliphatic rings. The summed E-state index contributed by atoms with van der Waals surface area (Å²) in [5.74, 6) is -0.199. The zero-order valence-electron chi connectivity index (χ0n) is 10.5. The first kappa shape index (κ1) is 13.9. The number of ether oxygens (including phenoxy) is 1. The predicted octanol–water partition coefficient (Wildman–Crippen LogP) is 2.90. The van der Waals surface area contributed by atoms with E-state index < -0.39 is 0 Å². The van der Waals surface area contributed by atoms with E-state index in [0.717, 1.165) is 24.0 Å². The van der Waals surface area contributed by atoms with Crippen LogP contribution in [0.2, 0.25) is 0 Å². The van der Waals surface area contributed by atoms with Crippen molar-refractivity contribution in [1.29, 1.82) is 0 Å².